The molecule has 4 aromatic heterocycles. The summed E-state index contributed by atoms with van der Waals surface area (Å²) in [5.74, 6) is 1.49. The van der Waals surface area contributed by atoms with Crippen molar-refractivity contribution in [1.82, 2.24) is 29.5 Å². The summed E-state index contributed by atoms with van der Waals surface area (Å²) in [6.45, 7) is 4.22. The van der Waals surface area contributed by atoms with Crippen molar-refractivity contribution in [2.75, 3.05) is 13.1 Å². The fourth-order valence-corrected chi connectivity index (χ4v) is 4.58. The fourth-order valence-electron chi connectivity index (χ4n) is 3.40. The number of aryl methyl sites for hydroxylation is 1. The minimum atomic E-state index is 0.683. The van der Waals surface area contributed by atoms with E-state index in [-0.39, 0.29) is 0 Å². The summed E-state index contributed by atoms with van der Waals surface area (Å²) in [5.41, 5.74) is 2.91. The third-order valence-electron chi connectivity index (χ3n) is 4.64. The Morgan fingerprint density at radius 2 is 2.08 bits per heavy atom. The maximum absolute atomic E-state index is 4.73. The lowest BCUT2D eigenvalue weighted by Crippen LogP contribution is -2.26. The maximum Gasteiger partial charge on any atom is 0.170 e. The predicted octanol–water partition coefficient (Wildman–Crippen LogP) is 2.91. The third kappa shape index (κ3) is 2.32. The Morgan fingerprint density at radius 1 is 1.21 bits per heavy atom. The van der Waals surface area contributed by atoms with Gasteiger partial charge < -0.3 is 9.72 Å². The molecule has 4 aromatic rings. The molecular formula is C17H18N6S. The number of aromatic nitrogens is 5. The van der Waals surface area contributed by atoms with Crippen LogP contribution < -0.4 is 5.32 Å². The molecule has 24 heavy (non-hydrogen) atoms. The molecule has 0 atom stereocenters. The third-order valence-corrected chi connectivity index (χ3v) is 5.86. The van der Waals surface area contributed by atoms with Gasteiger partial charge in [-0.1, -0.05) is 0 Å². The summed E-state index contributed by atoms with van der Waals surface area (Å²) >= 11 is 1.87. The fraction of sp³-hybridized carbons (Fsp3) is 0.353. The van der Waals surface area contributed by atoms with Gasteiger partial charge in [-0.3, -0.25) is 0 Å². The topological polar surface area (TPSA) is 60.0 Å². The highest BCUT2D eigenvalue weighted by Crippen LogP contribution is 2.34. The van der Waals surface area contributed by atoms with Crippen LogP contribution in [0.1, 0.15) is 29.3 Å². The molecule has 0 amide bonds. The van der Waals surface area contributed by atoms with Crippen LogP contribution in [-0.2, 0) is 0 Å². The van der Waals surface area contributed by atoms with Gasteiger partial charge in [0.1, 0.15) is 5.52 Å². The van der Waals surface area contributed by atoms with E-state index < -0.39 is 0 Å². The van der Waals surface area contributed by atoms with Gasteiger partial charge in [0.25, 0.3) is 0 Å². The van der Waals surface area contributed by atoms with Crippen LogP contribution in [0.2, 0.25) is 0 Å². The van der Waals surface area contributed by atoms with Crippen molar-refractivity contribution >= 4 is 27.2 Å². The first-order valence-electron chi connectivity index (χ1n) is 8.28. The van der Waals surface area contributed by atoms with Gasteiger partial charge in [0.15, 0.2) is 11.5 Å². The number of rotatable bonds is 2. The van der Waals surface area contributed by atoms with E-state index in [9.17, 15) is 0 Å². The molecular weight excluding hydrogens is 320 g/mol. The summed E-state index contributed by atoms with van der Waals surface area (Å²) in [5, 5.41) is 8.16. The molecule has 0 aromatic carbocycles. The summed E-state index contributed by atoms with van der Waals surface area (Å²) in [7, 11) is 0. The zero-order chi connectivity index (χ0) is 16.1. The SMILES string of the molecule is Cc1cn2cc(-n3cc4sc(C5CCNCC5)cc4n3)ncc2n1. The van der Waals surface area contributed by atoms with Gasteiger partial charge in [-0.25, -0.2) is 14.6 Å². The molecule has 0 bridgehead atoms. The Balaban J connectivity index is 1.51. The van der Waals surface area contributed by atoms with Gasteiger partial charge in [-0.2, -0.15) is 5.10 Å². The van der Waals surface area contributed by atoms with Gasteiger partial charge >= 0.3 is 0 Å². The van der Waals surface area contributed by atoms with E-state index in [1.165, 1.54) is 22.4 Å². The van der Waals surface area contributed by atoms with E-state index in [0.29, 0.717) is 5.92 Å². The van der Waals surface area contributed by atoms with Crippen LogP contribution in [-0.4, -0.2) is 37.2 Å². The number of thiophene rings is 1. The summed E-state index contributed by atoms with van der Waals surface area (Å²) < 4.78 is 5.09. The molecule has 0 aliphatic carbocycles. The molecule has 0 unspecified atom stereocenters. The quantitative estimate of drug-likeness (QED) is 0.610. The molecule has 1 fully saturated rings. The van der Waals surface area contributed by atoms with Crippen LogP contribution in [0.15, 0.2) is 30.9 Å². The molecule has 0 spiro atoms. The number of hydrogen-bond acceptors (Lipinski definition) is 5. The molecule has 1 N–H and O–H groups in total. The summed E-state index contributed by atoms with van der Waals surface area (Å²) in [6, 6.07) is 2.26. The lowest BCUT2D eigenvalue weighted by atomic mass is 9.96. The van der Waals surface area contributed by atoms with Gasteiger partial charge in [-0.15, -0.1) is 11.3 Å². The van der Waals surface area contributed by atoms with Crippen molar-refractivity contribution in [3.8, 4) is 5.82 Å². The van der Waals surface area contributed by atoms with Crippen molar-refractivity contribution in [3.63, 3.8) is 0 Å². The molecule has 1 aliphatic rings. The molecule has 7 heteroatoms. The Kier molecular flexibility index (Phi) is 3.17. The average molecular weight is 338 g/mol. The van der Waals surface area contributed by atoms with Gasteiger partial charge in [0.2, 0.25) is 0 Å². The number of nitrogens with zero attached hydrogens (tertiary/aromatic N) is 5. The van der Waals surface area contributed by atoms with Gasteiger partial charge in [0, 0.05) is 11.1 Å². The summed E-state index contributed by atoms with van der Waals surface area (Å²) in [4.78, 5) is 10.4. The van der Waals surface area contributed by atoms with Crippen molar-refractivity contribution in [3.05, 3.63) is 41.4 Å². The second kappa shape index (κ2) is 5.39. The van der Waals surface area contributed by atoms with Crippen LogP contribution in [0.25, 0.3) is 21.7 Å². The average Bonchev–Trinajstić information content (AvgIpc) is 3.26. The Labute approximate surface area is 143 Å². The summed E-state index contributed by atoms with van der Waals surface area (Å²) in [6.07, 6.45) is 10.3. The molecule has 6 nitrogen and oxygen atoms in total. The number of imidazole rings is 1. The minimum Gasteiger partial charge on any atom is -0.317 e. The first-order chi connectivity index (χ1) is 11.8. The lowest BCUT2D eigenvalue weighted by Gasteiger charge is -2.21. The molecule has 1 aliphatic heterocycles. The van der Waals surface area contributed by atoms with Gasteiger partial charge in [-0.05, 0) is 44.8 Å². The van der Waals surface area contributed by atoms with Crippen LogP contribution in [0.5, 0.6) is 0 Å². The van der Waals surface area contributed by atoms with Crippen molar-refractivity contribution < 1.29 is 0 Å². The van der Waals surface area contributed by atoms with E-state index in [0.717, 1.165) is 35.8 Å². The number of fused-ring (bicyclic) bond motifs is 2. The van der Waals surface area contributed by atoms with E-state index in [1.807, 2.05) is 39.7 Å². The second-order valence-corrected chi connectivity index (χ2v) is 7.50. The Hall–Kier alpha value is -2.25. The molecule has 122 valence electrons. The van der Waals surface area contributed by atoms with Gasteiger partial charge in [0.05, 0.1) is 29.0 Å². The van der Waals surface area contributed by atoms with Crippen LogP contribution in [0, 0.1) is 6.92 Å². The number of nitrogens with one attached hydrogen (secondary N) is 1. The van der Waals surface area contributed by atoms with Crippen molar-refractivity contribution in [2.45, 2.75) is 25.7 Å². The molecule has 0 saturated carbocycles. The van der Waals surface area contributed by atoms with Crippen LogP contribution in [0.3, 0.4) is 0 Å². The first kappa shape index (κ1) is 14.1. The molecule has 1 saturated heterocycles. The number of hydrogen-bond donors (Lipinski definition) is 1. The standard InChI is InChI=1S/C17H18N6S/c1-11-8-22-10-17(19-7-16(22)20-11)23-9-15-13(21-23)6-14(24-15)12-2-4-18-5-3-12/h6-10,12,18H,2-5H2,1H3. The second-order valence-electron chi connectivity index (χ2n) is 6.39. The number of piperidine rings is 1. The molecule has 5 rings (SSSR count). The van der Waals surface area contributed by atoms with E-state index in [4.69, 9.17) is 5.10 Å². The maximum atomic E-state index is 4.73. The monoisotopic (exact) mass is 338 g/mol. The van der Waals surface area contributed by atoms with Crippen LogP contribution in [0.4, 0.5) is 0 Å². The van der Waals surface area contributed by atoms with Crippen LogP contribution >= 0.6 is 11.3 Å². The molecule has 0 radical (unpaired) electrons. The highest BCUT2D eigenvalue weighted by Gasteiger charge is 2.19. The first-order valence-corrected chi connectivity index (χ1v) is 9.09. The zero-order valence-corrected chi connectivity index (χ0v) is 14.3. The minimum absolute atomic E-state index is 0.683. The smallest absolute Gasteiger partial charge is 0.170 e. The van der Waals surface area contributed by atoms with E-state index in [1.54, 1.807) is 6.20 Å². The van der Waals surface area contributed by atoms with Crippen molar-refractivity contribution in [1.29, 1.82) is 0 Å². The lowest BCUT2D eigenvalue weighted by molar-refractivity contribution is 0.465. The Morgan fingerprint density at radius 3 is 2.92 bits per heavy atom. The molecule has 5 heterocycles. The van der Waals surface area contributed by atoms with E-state index in [2.05, 4.69) is 27.5 Å². The largest absolute Gasteiger partial charge is 0.317 e. The zero-order valence-electron chi connectivity index (χ0n) is 13.4. The Bertz CT molecular complexity index is 989. The highest BCUT2D eigenvalue weighted by molar-refractivity contribution is 7.19. The van der Waals surface area contributed by atoms with E-state index >= 15 is 0 Å². The van der Waals surface area contributed by atoms with Crippen molar-refractivity contribution in [2.24, 2.45) is 0 Å². The highest BCUT2D eigenvalue weighted by atomic mass is 32.1. The predicted molar refractivity (Wildman–Crippen MR) is 95.1 cm³/mol. The normalized spacial score (nSPS) is 16.4.